The van der Waals surface area contributed by atoms with Gasteiger partial charge in [-0.05, 0) is 25.1 Å². The Morgan fingerprint density at radius 1 is 1.26 bits per heavy atom. The number of carbonyl (C=O) groups is 1. The molecule has 0 bridgehead atoms. The monoisotopic (exact) mass is 433 g/mol. The summed E-state index contributed by atoms with van der Waals surface area (Å²) in [6, 6.07) is 12.0. The predicted octanol–water partition coefficient (Wildman–Crippen LogP) is 4.79. The SMILES string of the molecule is CCOC(=O)Cc1ccccc1OCc1cc2cc(Br)cc([N+](=O)[O-])c2o1. The molecule has 140 valence electrons. The fourth-order valence-corrected chi connectivity index (χ4v) is 3.13. The van der Waals surface area contributed by atoms with Crippen LogP contribution >= 0.6 is 15.9 Å². The summed E-state index contributed by atoms with van der Waals surface area (Å²) in [6.07, 6.45) is 0.0998. The first-order valence-corrected chi connectivity index (χ1v) is 9.00. The summed E-state index contributed by atoms with van der Waals surface area (Å²) in [4.78, 5) is 22.4. The summed E-state index contributed by atoms with van der Waals surface area (Å²) < 4.78 is 17.0. The van der Waals surface area contributed by atoms with E-state index in [0.717, 1.165) is 0 Å². The molecular formula is C19H16BrNO6. The number of fused-ring (bicyclic) bond motifs is 1. The fraction of sp³-hybridized carbons (Fsp3) is 0.211. The van der Waals surface area contributed by atoms with Gasteiger partial charge in [-0.3, -0.25) is 14.9 Å². The number of carbonyl (C=O) groups excluding carboxylic acids is 1. The molecule has 0 fully saturated rings. The highest BCUT2D eigenvalue weighted by molar-refractivity contribution is 9.10. The minimum absolute atomic E-state index is 0.0727. The van der Waals surface area contributed by atoms with E-state index >= 15 is 0 Å². The van der Waals surface area contributed by atoms with E-state index in [1.54, 1.807) is 37.3 Å². The number of hydrogen-bond donors (Lipinski definition) is 0. The summed E-state index contributed by atoms with van der Waals surface area (Å²) in [5, 5.41) is 11.8. The lowest BCUT2D eigenvalue weighted by molar-refractivity contribution is -0.383. The number of rotatable bonds is 7. The molecule has 0 radical (unpaired) electrons. The van der Waals surface area contributed by atoms with E-state index in [0.29, 0.717) is 33.5 Å². The van der Waals surface area contributed by atoms with Gasteiger partial charge in [-0.15, -0.1) is 0 Å². The van der Waals surface area contributed by atoms with E-state index in [1.165, 1.54) is 6.07 Å². The Labute approximate surface area is 163 Å². The molecule has 0 aliphatic heterocycles. The summed E-state index contributed by atoms with van der Waals surface area (Å²) in [5.41, 5.74) is 0.774. The summed E-state index contributed by atoms with van der Waals surface area (Å²) in [6.45, 7) is 2.14. The predicted molar refractivity (Wildman–Crippen MR) is 102 cm³/mol. The standard InChI is InChI=1S/C19H16BrNO6/c1-2-25-18(22)9-12-5-3-4-6-17(12)26-11-15-8-13-7-14(20)10-16(21(23)24)19(13)27-15/h3-8,10H,2,9,11H2,1H3. The average Bonchev–Trinajstić information content (AvgIpc) is 3.03. The van der Waals surface area contributed by atoms with E-state index in [1.807, 2.05) is 6.07 Å². The molecule has 0 spiro atoms. The molecule has 3 aromatic rings. The van der Waals surface area contributed by atoms with Crippen LogP contribution in [0.3, 0.4) is 0 Å². The smallest absolute Gasteiger partial charge is 0.313 e. The summed E-state index contributed by atoms with van der Waals surface area (Å²) >= 11 is 3.26. The Morgan fingerprint density at radius 3 is 2.78 bits per heavy atom. The quantitative estimate of drug-likeness (QED) is 0.302. The normalized spacial score (nSPS) is 10.7. The van der Waals surface area contributed by atoms with Crippen molar-refractivity contribution in [2.24, 2.45) is 0 Å². The number of ether oxygens (including phenoxy) is 2. The van der Waals surface area contributed by atoms with E-state index in [4.69, 9.17) is 13.9 Å². The maximum atomic E-state index is 11.7. The molecule has 0 amide bonds. The van der Waals surface area contributed by atoms with Gasteiger partial charge in [0.05, 0.1) is 18.0 Å². The van der Waals surface area contributed by atoms with Gasteiger partial charge in [-0.25, -0.2) is 0 Å². The molecule has 8 heteroatoms. The van der Waals surface area contributed by atoms with Crippen LogP contribution < -0.4 is 4.74 Å². The average molecular weight is 434 g/mol. The number of benzene rings is 2. The first-order valence-electron chi connectivity index (χ1n) is 8.20. The van der Waals surface area contributed by atoms with Gasteiger partial charge < -0.3 is 13.9 Å². The maximum absolute atomic E-state index is 11.7. The second-order valence-electron chi connectivity index (χ2n) is 5.69. The van der Waals surface area contributed by atoms with Crippen molar-refractivity contribution < 1.29 is 23.6 Å². The van der Waals surface area contributed by atoms with Crippen LogP contribution in [0.25, 0.3) is 11.0 Å². The number of furan rings is 1. The Balaban J connectivity index is 1.80. The largest absolute Gasteiger partial charge is 0.485 e. The van der Waals surface area contributed by atoms with Crippen molar-refractivity contribution in [3.8, 4) is 5.75 Å². The lowest BCUT2D eigenvalue weighted by Gasteiger charge is -2.10. The van der Waals surface area contributed by atoms with Gasteiger partial charge in [0.15, 0.2) is 0 Å². The summed E-state index contributed by atoms with van der Waals surface area (Å²) in [5.74, 6) is 0.636. The molecular weight excluding hydrogens is 418 g/mol. The third-order valence-corrected chi connectivity index (χ3v) is 4.25. The van der Waals surface area contributed by atoms with Crippen LogP contribution in [0.5, 0.6) is 5.75 Å². The van der Waals surface area contributed by atoms with Crippen molar-refractivity contribution >= 4 is 38.6 Å². The first kappa shape index (κ1) is 18.9. The Kier molecular flexibility index (Phi) is 5.75. The first-order chi connectivity index (χ1) is 13.0. The molecule has 27 heavy (non-hydrogen) atoms. The van der Waals surface area contributed by atoms with Gasteiger partial charge in [0, 0.05) is 21.5 Å². The van der Waals surface area contributed by atoms with Crippen LogP contribution in [0.2, 0.25) is 0 Å². The number of nitro groups is 1. The van der Waals surface area contributed by atoms with Gasteiger partial charge in [-0.1, -0.05) is 34.1 Å². The van der Waals surface area contributed by atoms with Crippen LogP contribution in [0.4, 0.5) is 5.69 Å². The van der Waals surface area contributed by atoms with Crippen LogP contribution in [0.15, 0.2) is 51.4 Å². The molecule has 0 unspecified atom stereocenters. The van der Waals surface area contributed by atoms with Gasteiger partial charge in [0.1, 0.15) is 18.1 Å². The number of nitrogens with zero attached hydrogens (tertiary/aromatic N) is 1. The van der Waals surface area contributed by atoms with E-state index in [-0.39, 0.29) is 30.3 Å². The minimum atomic E-state index is -0.490. The van der Waals surface area contributed by atoms with Gasteiger partial charge in [0.25, 0.3) is 0 Å². The molecule has 1 heterocycles. The zero-order valence-corrected chi connectivity index (χ0v) is 16.0. The van der Waals surface area contributed by atoms with Crippen molar-refractivity contribution in [1.29, 1.82) is 0 Å². The lowest BCUT2D eigenvalue weighted by Crippen LogP contribution is -2.09. The Hall–Kier alpha value is -2.87. The zero-order valence-electron chi connectivity index (χ0n) is 14.4. The zero-order chi connectivity index (χ0) is 19.4. The van der Waals surface area contributed by atoms with Crippen LogP contribution in [-0.2, 0) is 22.6 Å². The number of non-ortho nitro benzene ring substituents is 1. The van der Waals surface area contributed by atoms with E-state index < -0.39 is 4.92 Å². The number of hydrogen-bond acceptors (Lipinski definition) is 6. The number of halogens is 1. The topological polar surface area (TPSA) is 91.8 Å². The third kappa shape index (κ3) is 4.46. The Morgan fingerprint density at radius 2 is 2.04 bits per heavy atom. The van der Waals surface area contributed by atoms with Gasteiger partial charge >= 0.3 is 11.7 Å². The molecule has 0 aliphatic rings. The molecule has 2 aromatic carbocycles. The molecule has 0 aliphatic carbocycles. The van der Waals surface area contributed by atoms with Crippen molar-refractivity contribution in [2.45, 2.75) is 20.0 Å². The van der Waals surface area contributed by atoms with Crippen molar-refractivity contribution in [2.75, 3.05) is 6.61 Å². The Bertz CT molecular complexity index is 997. The fourth-order valence-electron chi connectivity index (χ4n) is 2.67. The molecule has 3 rings (SSSR count). The minimum Gasteiger partial charge on any atom is -0.485 e. The molecule has 7 nitrogen and oxygen atoms in total. The molecule has 0 saturated carbocycles. The maximum Gasteiger partial charge on any atom is 0.313 e. The van der Waals surface area contributed by atoms with E-state index in [2.05, 4.69) is 15.9 Å². The number of para-hydroxylation sites is 1. The van der Waals surface area contributed by atoms with E-state index in [9.17, 15) is 14.9 Å². The second kappa shape index (κ2) is 8.22. The van der Waals surface area contributed by atoms with Crippen LogP contribution in [0.1, 0.15) is 18.2 Å². The van der Waals surface area contributed by atoms with Crippen LogP contribution in [-0.4, -0.2) is 17.5 Å². The molecule has 1 aromatic heterocycles. The van der Waals surface area contributed by atoms with Gasteiger partial charge in [0.2, 0.25) is 5.58 Å². The number of nitro benzene ring substituents is 1. The van der Waals surface area contributed by atoms with Crippen molar-refractivity contribution in [3.05, 3.63) is 68.4 Å². The van der Waals surface area contributed by atoms with Crippen molar-refractivity contribution in [3.63, 3.8) is 0 Å². The highest BCUT2D eigenvalue weighted by atomic mass is 79.9. The number of esters is 1. The third-order valence-electron chi connectivity index (χ3n) is 3.79. The summed E-state index contributed by atoms with van der Waals surface area (Å²) in [7, 11) is 0. The molecule has 0 N–H and O–H groups in total. The molecule has 0 atom stereocenters. The highest BCUT2D eigenvalue weighted by Gasteiger charge is 2.19. The lowest BCUT2D eigenvalue weighted by atomic mass is 10.1. The van der Waals surface area contributed by atoms with Crippen molar-refractivity contribution in [1.82, 2.24) is 0 Å². The van der Waals surface area contributed by atoms with Gasteiger partial charge in [-0.2, -0.15) is 0 Å². The highest BCUT2D eigenvalue weighted by Crippen LogP contribution is 2.33. The second-order valence-corrected chi connectivity index (χ2v) is 6.61. The van der Waals surface area contributed by atoms with Crippen LogP contribution in [0, 0.1) is 10.1 Å². The molecule has 0 saturated heterocycles.